The number of halogens is 2. The second-order valence-electron chi connectivity index (χ2n) is 25.5. The van der Waals surface area contributed by atoms with Crippen molar-refractivity contribution in [2.45, 2.75) is 76.8 Å². The topological polar surface area (TPSA) is 415 Å². The fourth-order valence-corrected chi connectivity index (χ4v) is 11.8. The Kier molecular flexibility index (Phi) is 32.0. The lowest BCUT2D eigenvalue weighted by molar-refractivity contribution is -0.173. The maximum absolute atomic E-state index is 15.8. The molecule has 0 radical (unpaired) electrons. The molecule has 8 N–H and O–H groups in total. The van der Waals surface area contributed by atoms with Gasteiger partial charge in [0.05, 0.1) is 166 Å². The number of methoxy groups -OCH3 is 1. The molecule has 2 aromatic heterocycles. The summed E-state index contributed by atoms with van der Waals surface area (Å²) in [4.78, 5) is 150. The fraction of sp³-hybridized carbons (Fsp3) is 0.486. The van der Waals surface area contributed by atoms with Gasteiger partial charge in [-0.25, -0.2) is 23.5 Å². The van der Waals surface area contributed by atoms with Gasteiger partial charge >= 0.3 is 5.97 Å². The Morgan fingerprint density at radius 2 is 1.26 bits per heavy atom. The highest BCUT2D eigenvalue weighted by Gasteiger charge is 2.50. The number of nitrogens with zero attached hydrogens (tertiary/aromatic N) is 3. The number of ether oxygens (including phenoxy) is 11. The molecule has 0 spiro atoms. The molecule has 0 unspecified atom stereocenters. The van der Waals surface area contributed by atoms with Crippen molar-refractivity contribution in [3.05, 3.63) is 134 Å². The zero-order valence-corrected chi connectivity index (χ0v) is 60.5. The van der Waals surface area contributed by atoms with E-state index in [1.165, 1.54) is 10.6 Å². The number of carbonyl (C=O) groups excluding carboxylic acids is 10. The minimum absolute atomic E-state index is 0.0117. The summed E-state index contributed by atoms with van der Waals surface area (Å²) in [6, 6.07) is 13.7. The predicted octanol–water partition coefficient (Wildman–Crippen LogP) is 0.620. The van der Waals surface area contributed by atoms with E-state index in [0.717, 1.165) is 37.1 Å². The van der Waals surface area contributed by atoms with Crippen LogP contribution in [0.5, 0.6) is 5.75 Å². The molecule has 4 aliphatic rings. The third-order valence-corrected chi connectivity index (χ3v) is 17.5. The van der Waals surface area contributed by atoms with Crippen LogP contribution >= 0.6 is 0 Å². The van der Waals surface area contributed by atoms with Crippen LogP contribution in [0.4, 0.5) is 14.5 Å². The molecular weight excluding hydrogens is 1430 g/mol. The van der Waals surface area contributed by atoms with Crippen molar-refractivity contribution >= 4 is 75.7 Å². The number of rotatable bonds is 49. The molecule has 1 fully saturated rings. The number of benzene rings is 3. The van der Waals surface area contributed by atoms with Gasteiger partial charge < -0.3 is 99.0 Å². The second kappa shape index (κ2) is 42.0. The van der Waals surface area contributed by atoms with Crippen LogP contribution in [0, 0.1) is 24.5 Å². The summed E-state index contributed by atoms with van der Waals surface area (Å²) >= 11 is 0. The van der Waals surface area contributed by atoms with Crippen LogP contribution in [0.3, 0.4) is 0 Å². The number of fused-ring (bicyclic) bond motifs is 5. The van der Waals surface area contributed by atoms with E-state index in [9.17, 15) is 57.8 Å². The van der Waals surface area contributed by atoms with Crippen LogP contribution in [-0.4, -0.2) is 232 Å². The molecule has 588 valence electrons. The third kappa shape index (κ3) is 24.5. The molecule has 33 nitrogen and oxygen atoms in total. The van der Waals surface area contributed by atoms with Gasteiger partial charge in [-0.15, -0.1) is 0 Å². The highest BCUT2D eigenvalue weighted by molar-refractivity contribution is 6.28. The van der Waals surface area contributed by atoms with E-state index in [4.69, 9.17) is 57.1 Å². The summed E-state index contributed by atoms with van der Waals surface area (Å²) in [5, 5.41) is 29.8. The van der Waals surface area contributed by atoms with E-state index in [1.54, 1.807) is 56.5 Å². The number of esters is 1. The van der Waals surface area contributed by atoms with Crippen molar-refractivity contribution in [2.24, 2.45) is 5.92 Å². The van der Waals surface area contributed by atoms with E-state index in [2.05, 4.69) is 37.2 Å². The van der Waals surface area contributed by atoms with Gasteiger partial charge in [-0.1, -0.05) is 43.2 Å². The Balaban J connectivity index is 0.648. The van der Waals surface area contributed by atoms with Crippen molar-refractivity contribution in [1.82, 2.24) is 46.8 Å². The second-order valence-corrected chi connectivity index (χ2v) is 25.5. The maximum atomic E-state index is 15.8. The minimum atomic E-state index is -2.04. The number of cyclic esters (lactones) is 1. The molecule has 5 heterocycles. The Bertz CT molecular complexity index is 4140. The SMILES string of the molecule is COCCOCCOCCOCCOCCOCCOCCOCCNC(=O)c1cc(N2C(=O)C=CC2=O)cc(F)c1OCCCC(=O)NCC(=O)NCC(=O)N[C@@H](Cc1ccccc1)C(=O)NCC(=O)NCOCC(=O)NCc1c2c(nc3cc(F)c(C)cc13)-c1cc3c(c(=O)n1C2)COC(=O)[C@]3(O)CC1CC1. The normalized spacial score (nSPS) is 15.1. The number of amides is 9. The number of anilines is 1. The Morgan fingerprint density at radius 3 is 1.90 bits per heavy atom. The van der Waals surface area contributed by atoms with Gasteiger partial charge in [0.25, 0.3) is 23.3 Å². The lowest BCUT2D eigenvalue weighted by atomic mass is 9.84. The zero-order valence-electron chi connectivity index (χ0n) is 60.5. The Labute approximate surface area is 624 Å². The van der Waals surface area contributed by atoms with E-state index in [-0.39, 0.29) is 112 Å². The molecule has 9 rings (SSSR count). The van der Waals surface area contributed by atoms with Crippen LogP contribution in [-0.2, 0) is 122 Å². The Morgan fingerprint density at radius 1 is 0.651 bits per heavy atom. The molecule has 0 saturated heterocycles. The summed E-state index contributed by atoms with van der Waals surface area (Å²) < 4.78 is 91.8. The average molecular weight is 1530 g/mol. The number of pyridine rings is 2. The van der Waals surface area contributed by atoms with E-state index >= 15 is 8.78 Å². The first-order valence-corrected chi connectivity index (χ1v) is 35.6. The molecule has 35 heteroatoms. The van der Waals surface area contributed by atoms with Gasteiger partial charge in [-0.2, -0.15) is 0 Å². The van der Waals surface area contributed by atoms with Gasteiger partial charge in [0.15, 0.2) is 17.2 Å². The number of nitrogens with one attached hydrogen (secondary N) is 7. The molecule has 3 aliphatic heterocycles. The van der Waals surface area contributed by atoms with Gasteiger partial charge in [-0.3, -0.25) is 47.9 Å². The van der Waals surface area contributed by atoms with E-state index in [1.807, 2.05) is 0 Å². The monoisotopic (exact) mass is 1520 g/mol. The van der Waals surface area contributed by atoms with Crippen molar-refractivity contribution in [1.29, 1.82) is 0 Å². The van der Waals surface area contributed by atoms with Crippen LogP contribution in [0.15, 0.2) is 77.6 Å². The van der Waals surface area contributed by atoms with Crippen molar-refractivity contribution < 1.29 is 114 Å². The average Bonchev–Trinajstić information content (AvgIpc) is 1.66. The summed E-state index contributed by atoms with van der Waals surface area (Å²) in [5.41, 5.74) is 0.0426. The van der Waals surface area contributed by atoms with Gasteiger partial charge in [0, 0.05) is 73.8 Å². The molecule has 0 bridgehead atoms. The summed E-state index contributed by atoms with van der Waals surface area (Å²) in [6.07, 6.45) is 3.39. The third-order valence-electron chi connectivity index (χ3n) is 17.5. The molecule has 2 atom stereocenters. The maximum Gasteiger partial charge on any atom is 0.343 e. The van der Waals surface area contributed by atoms with Crippen molar-refractivity contribution in [3.8, 4) is 17.1 Å². The van der Waals surface area contributed by atoms with Crippen LogP contribution < -0.4 is 52.4 Å². The van der Waals surface area contributed by atoms with Crippen molar-refractivity contribution in [2.75, 3.05) is 157 Å². The number of aromatic nitrogens is 2. The Hall–Kier alpha value is -10.1. The van der Waals surface area contributed by atoms with E-state index in [0.29, 0.717) is 123 Å². The predicted molar refractivity (Wildman–Crippen MR) is 381 cm³/mol. The lowest BCUT2D eigenvalue weighted by Gasteiger charge is -2.32. The summed E-state index contributed by atoms with van der Waals surface area (Å²) in [6.45, 7) is 3.47. The first kappa shape index (κ1) is 83.0. The zero-order chi connectivity index (χ0) is 77.7. The first-order chi connectivity index (χ1) is 52.7. The quantitative estimate of drug-likeness (QED) is 0.0112. The smallest absolute Gasteiger partial charge is 0.343 e. The number of aryl methyl sites for hydroxylation is 1. The number of imide groups is 1. The van der Waals surface area contributed by atoms with Crippen molar-refractivity contribution in [3.63, 3.8) is 0 Å². The van der Waals surface area contributed by atoms with Crippen LogP contribution in [0.25, 0.3) is 22.3 Å². The number of carbonyl (C=O) groups is 10. The van der Waals surface area contributed by atoms with Crippen LogP contribution in [0.1, 0.15) is 75.8 Å². The largest absolute Gasteiger partial charge is 0.490 e. The summed E-state index contributed by atoms with van der Waals surface area (Å²) in [7, 11) is 1.61. The molecule has 1 saturated carbocycles. The number of aliphatic hydroxyl groups is 1. The highest BCUT2D eigenvalue weighted by atomic mass is 19.1. The molecule has 3 aromatic carbocycles. The van der Waals surface area contributed by atoms with Crippen LogP contribution in [0.2, 0.25) is 0 Å². The van der Waals surface area contributed by atoms with E-state index < -0.39 is 127 Å². The molecule has 5 aromatic rings. The molecule has 109 heavy (non-hydrogen) atoms. The van der Waals surface area contributed by atoms with Gasteiger partial charge in [-0.05, 0) is 60.6 Å². The van der Waals surface area contributed by atoms with Gasteiger partial charge in [0.2, 0.25) is 35.4 Å². The minimum Gasteiger partial charge on any atom is -0.490 e. The standard InChI is InChI=1S/C74H90F2N10O23/c1-46-31-50-52(53-42-85-60(68(53)84-58(50)36-56(46)75)35-55-54(72(85)96)43-109-73(97)74(55,98)37-48-10-11-48)38-78-65(91)44-107-45-82-63(89)40-81-71(95)59(32-47-7-4-3-5-8-47)83-64(90)41-80-62(88)39-79-61(87)9-6-15-108-69-51(33-49(34-57(69)76)86-66(92)12-13-67(86)93)70(94)77-14-16-100-19-20-102-23-24-104-27-28-106-30-29-105-26-25-103-22-21-101-18-17-99-2/h3-5,7-8,12-13,31,33-36,48,59,98H,6,9-11,14-30,32,37-45H2,1-2H3,(H,77,94)(H,78,91)(H,79,87)(H,80,88)(H,81,95)(H,82,89)(H,83,90)/t59-,74-/m0/s1. The lowest BCUT2D eigenvalue weighted by Crippen LogP contribution is -2.52. The summed E-state index contributed by atoms with van der Waals surface area (Å²) in [5.74, 6) is -9.61. The number of hydrogen-bond donors (Lipinski definition) is 8. The highest BCUT2D eigenvalue weighted by Crippen LogP contribution is 2.46. The van der Waals surface area contributed by atoms with Gasteiger partial charge in [0.1, 0.15) is 31.8 Å². The fourth-order valence-electron chi connectivity index (χ4n) is 11.8. The number of hydrogen-bond acceptors (Lipinski definition) is 24. The molecule has 9 amide bonds. The first-order valence-electron chi connectivity index (χ1n) is 35.6. The molecule has 1 aliphatic carbocycles. The molecular formula is C74H90F2N10O23.